The molecule has 3 rings (SSSR count). The summed E-state index contributed by atoms with van der Waals surface area (Å²) >= 11 is 6.09. The smallest absolute Gasteiger partial charge is 0.244 e. The van der Waals surface area contributed by atoms with Crippen molar-refractivity contribution in [3.8, 4) is 0 Å². The lowest BCUT2D eigenvalue weighted by molar-refractivity contribution is -0.139. The number of carbonyl (C=O) groups excluding carboxylic acids is 1. The Kier molecular flexibility index (Phi) is 6.69. The Bertz CT molecular complexity index is 799. The van der Waals surface area contributed by atoms with E-state index in [-0.39, 0.29) is 21.9 Å². The summed E-state index contributed by atoms with van der Waals surface area (Å²) in [4.78, 5) is 17.2. The van der Waals surface area contributed by atoms with Crippen molar-refractivity contribution in [2.45, 2.75) is 38.1 Å². The largest absolute Gasteiger partial charge is 0.341 e. The average molecular weight is 428 g/mol. The van der Waals surface area contributed by atoms with E-state index in [0.717, 1.165) is 19.5 Å². The second-order valence-corrected chi connectivity index (χ2v) is 10.5. The van der Waals surface area contributed by atoms with Gasteiger partial charge in [0, 0.05) is 39.3 Å². The molecule has 1 aromatic rings. The van der Waals surface area contributed by atoms with Crippen molar-refractivity contribution in [2.24, 2.45) is 11.8 Å². The summed E-state index contributed by atoms with van der Waals surface area (Å²) in [6.07, 6.45) is 1.16. The number of benzene rings is 1. The number of hydrogen-bond acceptors (Lipinski definition) is 4. The van der Waals surface area contributed by atoms with Crippen LogP contribution in [0.1, 0.15) is 27.2 Å². The van der Waals surface area contributed by atoms with Gasteiger partial charge in [0.15, 0.2) is 0 Å². The van der Waals surface area contributed by atoms with Crippen LogP contribution in [0.15, 0.2) is 29.2 Å². The molecular weight excluding hydrogens is 398 g/mol. The molecule has 3 unspecified atom stereocenters. The lowest BCUT2D eigenvalue weighted by Gasteiger charge is -2.41. The molecule has 0 spiro atoms. The molecule has 0 bridgehead atoms. The summed E-state index contributed by atoms with van der Waals surface area (Å²) < 4.78 is 27.2. The summed E-state index contributed by atoms with van der Waals surface area (Å²) in [5.74, 6) is 1.20. The van der Waals surface area contributed by atoms with Gasteiger partial charge in [0.2, 0.25) is 15.9 Å². The van der Waals surface area contributed by atoms with E-state index < -0.39 is 10.0 Å². The molecule has 3 atom stereocenters. The molecule has 28 heavy (non-hydrogen) atoms. The molecule has 2 aliphatic heterocycles. The molecule has 1 aromatic carbocycles. The van der Waals surface area contributed by atoms with Gasteiger partial charge in [0.1, 0.15) is 4.90 Å². The predicted molar refractivity (Wildman–Crippen MR) is 111 cm³/mol. The second kappa shape index (κ2) is 8.69. The van der Waals surface area contributed by atoms with Crippen LogP contribution in [0.4, 0.5) is 0 Å². The fourth-order valence-electron chi connectivity index (χ4n) is 4.39. The van der Waals surface area contributed by atoms with Gasteiger partial charge in [-0.25, -0.2) is 8.42 Å². The fraction of sp³-hybridized carbons (Fsp3) is 0.650. The molecule has 0 N–H and O–H groups in total. The number of piperidine rings is 1. The Labute approximate surface area is 173 Å². The van der Waals surface area contributed by atoms with Crippen LogP contribution in [0.2, 0.25) is 5.02 Å². The van der Waals surface area contributed by atoms with E-state index in [9.17, 15) is 13.2 Å². The first-order valence-corrected chi connectivity index (χ1v) is 11.8. The number of rotatable bonds is 4. The highest BCUT2D eigenvalue weighted by molar-refractivity contribution is 7.89. The molecule has 1 amide bonds. The van der Waals surface area contributed by atoms with E-state index in [4.69, 9.17) is 11.6 Å². The van der Waals surface area contributed by atoms with Gasteiger partial charge in [0.25, 0.3) is 0 Å². The Morgan fingerprint density at radius 2 is 1.64 bits per heavy atom. The van der Waals surface area contributed by atoms with Crippen LogP contribution < -0.4 is 0 Å². The Morgan fingerprint density at radius 3 is 2.21 bits per heavy atom. The van der Waals surface area contributed by atoms with E-state index >= 15 is 0 Å². The second-order valence-electron chi connectivity index (χ2n) is 8.24. The third-order valence-corrected chi connectivity index (χ3v) is 8.21. The van der Waals surface area contributed by atoms with Gasteiger partial charge in [-0.2, -0.15) is 4.31 Å². The van der Waals surface area contributed by atoms with Crippen LogP contribution in [-0.4, -0.2) is 73.7 Å². The first-order valence-electron chi connectivity index (χ1n) is 9.97. The summed E-state index contributed by atoms with van der Waals surface area (Å²) in [5.41, 5.74) is 0. The number of nitrogens with zero attached hydrogens (tertiary/aromatic N) is 3. The first kappa shape index (κ1) is 21.6. The van der Waals surface area contributed by atoms with E-state index in [1.165, 1.54) is 10.4 Å². The van der Waals surface area contributed by atoms with Gasteiger partial charge >= 0.3 is 0 Å². The molecule has 0 radical (unpaired) electrons. The van der Waals surface area contributed by atoms with E-state index in [1.54, 1.807) is 18.2 Å². The molecule has 0 saturated carbocycles. The monoisotopic (exact) mass is 427 g/mol. The maximum atomic E-state index is 13.0. The molecular formula is C20H30ClN3O3S. The highest BCUT2D eigenvalue weighted by atomic mass is 35.5. The van der Waals surface area contributed by atoms with Crippen molar-refractivity contribution in [3.63, 3.8) is 0 Å². The van der Waals surface area contributed by atoms with Crippen molar-refractivity contribution >= 4 is 27.5 Å². The summed E-state index contributed by atoms with van der Waals surface area (Å²) in [6, 6.07) is 6.29. The molecule has 2 saturated heterocycles. The van der Waals surface area contributed by atoms with Crippen LogP contribution in [0.25, 0.3) is 0 Å². The zero-order valence-corrected chi connectivity index (χ0v) is 18.4. The fourth-order valence-corrected chi connectivity index (χ4v) is 6.30. The molecule has 2 fully saturated rings. The SMILES string of the molecule is CC1CC(C)CN(C(=O)C(C)N2CCN(S(=O)(=O)c3ccccc3Cl)CC2)C1. The molecule has 2 aliphatic rings. The Balaban J connectivity index is 1.62. The lowest BCUT2D eigenvalue weighted by Crippen LogP contribution is -2.56. The molecule has 8 heteroatoms. The number of likely N-dealkylation sites (tertiary alicyclic amines) is 1. The maximum Gasteiger partial charge on any atom is 0.244 e. The topological polar surface area (TPSA) is 60.9 Å². The number of piperazine rings is 1. The van der Waals surface area contributed by atoms with Gasteiger partial charge in [-0.05, 0) is 37.3 Å². The highest BCUT2D eigenvalue weighted by Crippen LogP contribution is 2.26. The minimum atomic E-state index is -3.62. The Hall–Kier alpha value is -1.15. The van der Waals surface area contributed by atoms with Crippen molar-refractivity contribution in [2.75, 3.05) is 39.3 Å². The zero-order chi connectivity index (χ0) is 20.5. The number of carbonyl (C=O) groups is 1. The number of hydrogen-bond donors (Lipinski definition) is 0. The van der Waals surface area contributed by atoms with E-state index in [2.05, 4.69) is 18.7 Å². The third-order valence-electron chi connectivity index (χ3n) is 5.81. The molecule has 0 aromatic heterocycles. The van der Waals surface area contributed by atoms with Gasteiger partial charge < -0.3 is 4.90 Å². The van der Waals surface area contributed by atoms with Crippen LogP contribution >= 0.6 is 11.6 Å². The van der Waals surface area contributed by atoms with E-state index in [0.29, 0.717) is 38.0 Å². The quantitative estimate of drug-likeness (QED) is 0.740. The third kappa shape index (κ3) is 4.53. The number of amides is 1. The summed E-state index contributed by atoms with van der Waals surface area (Å²) in [7, 11) is -3.62. The molecule has 0 aliphatic carbocycles. The number of sulfonamides is 1. The maximum absolute atomic E-state index is 13.0. The Morgan fingerprint density at radius 1 is 1.07 bits per heavy atom. The van der Waals surface area contributed by atoms with Crippen molar-refractivity contribution < 1.29 is 13.2 Å². The normalized spacial score (nSPS) is 26.2. The van der Waals surface area contributed by atoms with E-state index in [1.807, 2.05) is 11.8 Å². The van der Waals surface area contributed by atoms with Gasteiger partial charge in [-0.1, -0.05) is 37.6 Å². The van der Waals surface area contributed by atoms with Crippen LogP contribution in [0.5, 0.6) is 0 Å². The highest BCUT2D eigenvalue weighted by Gasteiger charge is 2.35. The van der Waals surface area contributed by atoms with Crippen LogP contribution in [0.3, 0.4) is 0 Å². The minimum absolute atomic E-state index is 0.144. The van der Waals surface area contributed by atoms with Gasteiger partial charge in [0.05, 0.1) is 11.1 Å². The summed E-state index contributed by atoms with van der Waals surface area (Å²) in [5, 5.41) is 0.238. The predicted octanol–water partition coefficient (Wildman–Crippen LogP) is 2.54. The standard InChI is InChI=1S/C20H30ClN3O3S/c1-15-12-16(2)14-23(13-15)20(25)17(3)22-8-10-24(11-9-22)28(26,27)19-7-5-4-6-18(19)21/h4-7,15-17H,8-14H2,1-3H3. The van der Waals surface area contributed by atoms with Crippen LogP contribution in [0, 0.1) is 11.8 Å². The summed E-state index contributed by atoms with van der Waals surface area (Å²) in [6.45, 7) is 9.74. The molecule has 6 nitrogen and oxygen atoms in total. The lowest BCUT2D eigenvalue weighted by atomic mass is 9.91. The first-order chi connectivity index (χ1) is 13.2. The zero-order valence-electron chi connectivity index (χ0n) is 16.8. The van der Waals surface area contributed by atoms with Gasteiger partial charge in [-0.3, -0.25) is 9.69 Å². The minimum Gasteiger partial charge on any atom is -0.341 e. The molecule has 2 heterocycles. The van der Waals surface area contributed by atoms with Crippen molar-refractivity contribution in [1.82, 2.24) is 14.1 Å². The number of halogens is 1. The molecule has 156 valence electrons. The van der Waals surface area contributed by atoms with Crippen molar-refractivity contribution in [1.29, 1.82) is 0 Å². The average Bonchev–Trinajstić information content (AvgIpc) is 2.66. The van der Waals surface area contributed by atoms with Crippen molar-refractivity contribution in [3.05, 3.63) is 29.3 Å². The van der Waals surface area contributed by atoms with Crippen LogP contribution in [-0.2, 0) is 14.8 Å². The van der Waals surface area contributed by atoms with Gasteiger partial charge in [-0.15, -0.1) is 0 Å².